The van der Waals surface area contributed by atoms with Crippen LogP contribution < -0.4 is 0 Å². The fourth-order valence-electron chi connectivity index (χ4n) is 3.85. The van der Waals surface area contributed by atoms with Gasteiger partial charge in [0, 0.05) is 24.7 Å². The third kappa shape index (κ3) is 2.94. The van der Waals surface area contributed by atoms with Gasteiger partial charge in [-0.2, -0.15) is 0 Å². The van der Waals surface area contributed by atoms with Crippen molar-refractivity contribution in [2.75, 3.05) is 13.1 Å². The summed E-state index contributed by atoms with van der Waals surface area (Å²) < 4.78 is 25.9. The zero-order chi connectivity index (χ0) is 18.2. The van der Waals surface area contributed by atoms with E-state index >= 15 is 0 Å². The van der Waals surface area contributed by atoms with Crippen molar-refractivity contribution in [2.45, 2.75) is 56.9 Å². The molecular formula is C18H24N2O4S. The van der Waals surface area contributed by atoms with Crippen LogP contribution >= 0.6 is 0 Å². The molecule has 2 aliphatic rings. The van der Waals surface area contributed by atoms with Crippen LogP contribution in [0.25, 0.3) is 0 Å². The molecule has 0 aromatic heterocycles. The van der Waals surface area contributed by atoms with Crippen molar-refractivity contribution in [3.63, 3.8) is 0 Å². The molecule has 1 fully saturated rings. The Labute approximate surface area is 148 Å². The fraction of sp³-hybridized carbons (Fsp3) is 0.556. The summed E-state index contributed by atoms with van der Waals surface area (Å²) in [6.45, 7) is 4.24. The van der Waals surface area contributed by atoms with E-state index < -0.39 is 15.9 Å². The molecule has 1 aromatic carbocycles. The van der Waals surface area contributed by atoms with E-state index in [9.17, 15) is 18.0 Å². The van der Waals surface area contributed by atoms with E-state index in [2.05, 4.69) is 0 Å². The van der Waals surface area contributed by atoms with Crippen LogP contribution in [-0.4, -0.2) is 48.6 Å². The van der Waals surface area contributed by atoms with Crippen molar-refractivity contribution in [3.8, 4) is 0 Å². The second-order valence-corrected chi connectivity index (χ2v) is 8.40. The molecule has 6 nitrogen and oxygen atoms in total. The van der Waals surface area contributed by atoms with Gasteiger partial charge in [-0.05, 0) is 44.9 Å². The van der Waals surface area contributed by atoms with Crippen LogP contribution in [0.3, 0.4) is 0 Å². The van der Waals surface area contributed by atoms with E-state index in [0.717, 1.165) is 30.0 Å². The molecule has 25 heavy (non-hydrogen) atoms. The van der Waals surface area contributed by atoms with Crippen molar-refractivity contribution >= 4 is 21.8 Å². The van der Waals surface area contributed by atoms with E-state index in [1.165, 1.54) is 18.6 Å². The zero-order valence-electron chi connectivity index (χ0n) is 14.7. The highest BCUT2D eigenvalue weighted by Gasteiger charge is 2.40. The van der Waals surface area contributed by atoms with Gasteiger partial charge >= 0.3 is 0 Å². The molecule has 1 aliphatic carbocycles. The van der Waals surface area contributed by atoms with Crippen molar-refractivity contribution < 1.29 is 18.0 Å². The minimum Gasteiger partial charge on any atom is -0.336 e. The average molecular weight is 364 g/mol. The van der Waals surface area contributed by atoms with Crippen LogP contribution in [0.4, 0.5) is 0 Å². The first-order valence-electron chi connectivity index (χ1n) is 8.93. The Morgan fingerprint density at radius 1 is 1.20 bits per heavy atom. The quantitative estimate of drug-likeness (QED) is 0.823. The Bertz CT molecular complexity index is 797. The Balaban J connectivity index is 1.95. The highest BCUT2D eigenvalue weighted by molar-refractivity contribution is 7.90. The van der Waals surface area contributed by atoms with E-state index in [1.807, 2.05) is 11.8 Å². The summed E-state index contributed by atoms with van der Waals surface area (Å²) in [5.41, 5.74) is 0.486. The molecule has 0 bridgehead atoms. The zero-order valence-corrected chi connectivity index (χ0v) is 15.5. The smallest absolute Gasteiger partial charge is 0.268 e. The maximum Gasteiger partial charge on any atom is 0.268 e. The maximum atomic E-state index is 13.0. The van der Waals surface area contributed by atoms with E-state index in [4.69, 9.17) is 0 Å². The van der Waals surface area contributed by atoms with Crippen LogP contribution in [0.15, 0.2) is 23.1 Å². The molecule has 1 heterocycles. The van der Waals surface area contributed by atoms with Gasteiger partial charge in [0.15, 0.2) is 0 Å². The lowest BCUT2D eigenvalue weighted by atomic mass is 9.93. The first kappa shape index (κ1) is 17.9. The predicted octanol–water partition coefficient (Wildman–Crippen LogP) is 2.65. The minimum atomic E-state index is -3.85. The summed E-state index contributed by atoms with van der Waals surface area (Å²) in [6.07, 6.45) is 5.42. The van der Waals surface area contributed by atoms with Crippen molar-refractivity contribution in [2.24, 2.45) is 0 Å². The monoisotopic (exact) mass is 364 g/mol. The maximum absolute atomic E-state index is 13.0. The van der Waals surface area contributed by atoms with E-state index in [-0.39, 0.29) is 29.0 Å². The Morgan fingerprint density at radius 2 is 1.88 bits per heavy atom. The molecule has 3 rings (SSSR count). The van der Waals surface area contributed by atoms with Crippen LogP contribution in [0.1, 0.15) is 66.7 Å². The molecule has 1 aliphatic heterocycles. The summed E-state index contributed by atoms with van der Waals surface area (Å²) in [6, 6.07) is 4.61. The van der Waals surface area contributed by atoms with Crippen LogP contribution in [0.5, 0.6) is 0 Å². The molecule has 2 amide bonds. The molecule has 0 unspecified atom stereocenters. The molecular weight excluding hydrogens is 340 g/mol. The van der Waals surface area contributed by atoms with Gasteiger partial charge in [0.2, 0.25) is 0 Å². The number of nitrogens with zero attached hydrogens (tertiary/aromatic N) is 2. The second-order valence-electron chi connectivity index (χ2n) is 6.57. The van der Waals surface area contributed by atoms with Crippen molar-refractivity contribution in [1.29, 1.82) is 0 Å². The van der Waals surface area contributed by atoms with Gasteiger partial charge in [0.05, 0.1) is 5.56 Å². The summed E-state index contributed by atoms with van der Waals surface area (Å²) >= 11 is 0. The molecule has 1 saturated carbocycles. The molecule has 1 aromatic rings. The molecule has 0 radical (unpaired) electrons. The number of hydrogen-bond acceptors (Lipinski definition) is 4. The summed E-state index contributed by atoms with van der Waals surface area (Å²) in [5.74, 6) is -0.675. The first-order valence-corrected chi connectivity index (χ1v) is 10.4. The summed E-state index contributed by atoms with van der Waals surface area (Å²) in [7, 11) is -3.85. The fourth-order valence-corrected chi connectivity index (χ4v) is 5.45. The van der Waals surface area contributed by atoms with E-state index in [0.29, 0.717) is 12.1 Å². The highest BCUT2D eigenvalue weighted by Crippen LogP contribution is 2.31. The lowest BCUT2D eigenvalue weighted by Gasteiger charge is -2.33. The molecule has 136 valence electrons. The number of benzene rings is 1. The van der Waals surface area contributed by atoms with Crippen LogP contribution in [0, 0.1) is 0 Å². The first-order chi connectivity index (χ1) is 11.9. The van der Waals surface area contributed by atoms with Gasteiger partial charge in [0.25, 0.3) is 21.8 Å². The van der Waals surface area contributed by atoms with Crippen molar-refractivity contribution in [3.05, 3.63) is 29.3 Å². The molecule has 0 spiro atoms. The van der Waals surface area contributed by atoms with Gasteiger partial charge in [-0.25, -0.2) is 12.7 Å². The molecule has 0 saturated heterocycles. The third-order valence-corrected chi connectivity index (χ3v) is 7.06. The number of amides is 2. The Morgan fingerprint density at radius 3 is 2.48 bits per heavy atom. The number of carbonyl (C=O) groups is 2. The highest BCUT2D eigenvalue weighted by atomic mass is 32.2. The topological polar surface area (TPSA) is 74.8 Å². The van der Waals surface area contributed by atoms with Gasteiger partial charge in [0.1, 0.15) is 4.90 Å². The Hall–Kier alpha value is -1.89. The SMILES string of the molecule is CCN(C(=O)c1ccc2c(c1)S(=O)(=O)N(CC)C2=O)C1CCCCC1. The standard InChI is InChI=1S/C18H24N2O4S/c1-3-19(14-8-6-5-7-9-14)17(21)13-10-11-15-16(12-13)25(23,24)20(4-2)18(15)22/h10-12,14H,3-9H2,1-2H3. The number of carbonyl (C=O) groups excluding carboxylic acids is 2. The number of rotatable bonds is 4. The van der Waals surface area contributed by atoms with Gasteiger partial charge in [-0.15, -0.1) is 0 Å². The molecule has 7 heteroatoms. The summed E-state index contributed by atoms with van der Waals surface area (Å²) in [4.78, 5) is 26.9. The van der Waals surface area contributed by atoms with Gasteiger partial charge < -0.3 is 4.90 Å². The minimum absolute atomic E-state index is 0.0510. The summed E-state index contributed by atoms with van der Waals surface area (Å²) in [5, 5.41) is 0. The second kappa shape index (κ2) is 6.78. The number of fused-ring (bicyclic) bond motifs is 1. The van der Waals surface area contributed by atoms with Crippen LogP contribution in [0.2, 0.25) is 0 Å². The lowest BCUT2D eigenvalue weighted by molar-refractivity contribution is 0.0647. The number of hydrogen-bond donors (Lipinski definition) is 0. The number of sulfonamides is 1. The lowest BCUT2D eigenvalue weighted by Crippen LogP contribution is -2.41. The van der Waals surface area contributed by atoms with Crippen LogP contribution in [-0.2, 0) is 10.0 Å². The van der Waals surface area contributed by atoms with E-state index in [1.54, 1.807) is 13.0 Å². The molecule has 0 N–H and O–H groups in total. The normalized spacial score (nSPS) is 19.8. The van der Waals surface area contributed by atoms with Gasteiger partial charge in [-0.1, -0.05) is 19.3 Å². The Kier molecular flexibility index (Phi) is 4.86. The molecule has 0 atom stereocenters. The van der Waals surface area contributed by atoms with Crippen molar-refractivity contribution in [1.82, 2.24) is 9.21 Å². The average Bonchev–Trinajstić information content (AvgIpc) is 2.81. The largest absolute Gasteiger partial charge is 0.336 e. The third-order valence-electron chi connectivity index (χ3n) is 5.16. The van der Waals surface area contributed by atoms with Gasteiger partial charge in [-0.3, -0.25) is 9.59 Å². The predicted molar refractivity (Wildman–Crippen MR) is 93.9 cm³/mol.